The molecule has 0 unspecified atom stereocenters. The smallest absolute Gasteiger partial charge is 0.356 e. The third kappa shape index (κ3) is 5.65. The Morgan fingerprint density at radius 1 is 1.24 bits per heavy atom. The number of hydrogen-bond acceptors (Lipinski definition) is 5. The maximum Gasteiger partial charge on any atom is 0.356 e. The first-order valence-electron chi connectivity index (χ1n) is 5.16. The second-order valence-electron chi connectivity index (χ2n) is 3.02. The van der Waals surface area contributed by atoms with Gasteiger partial charge in [-0.25, -0.2) is 14.6 Å². The number of carbonyl (C=O) groups is 2. The third-order valence-corrected chi connectivity index (χ3v) is 2.01. The molecule has 5 nitrogen and oxygen atoms in total. The van der Waals surface area contributed by atoms with Gasteiger partial charge in [0.05, 0.1) is 14.2 Å². The van der Waals surface area contributed by atoms with Crippen molar-refractivity contribution in [2.45, 2.75) is 20.3 Å². The number of methoxy groups -OCH3 is 2. The van der Waals surface area contributed by atoms with Crippen molar-refractivity contribution in [2.24, 2.45) is 4.99 Å². The molecule has 0 aromatic rings. The summed E-state index contributed by atoms with van der Waals surface area (Å²) in [4.78, 5) is 26.0. The lowest BCUT2D eigenvalue weighted by Gasteiger charge is -2.01. The van der Waals surface area contributed by atoms with Crippen LogP contribution in [-0.4, -0.2) is 32.4 Å². The van der Waals surface area contributed by atoms with E-state index in [4.69, 9.17) is 0 Å². The van der Waals surface area contributed by atoms with Crippen LogP contribution in [0.4, 0.5) is 0 Å². The molecule has 0 saturated carbocycles. The lowest BCUT2D eigenvalue weighted by molar-refractivity contribution is -0.136. The fourth-order valence-electron chi connectivity index (χ4n) is 0.994. The van der Waals surface area contributed by atoms with Gasteiger partial charge in [-0.05, 0) is 19.4 Å². The van der Waals surface area contributed by atoms with Gasteiger partial charge in [0.15, 0.2) is 0 Å². The van der Waals surface area contributed by atoms with Crippen LogP contribution in [0.3, 0.4) is 0 Å². The first-order chi connectivity index (χ1) is 8.08. The molecule has 94 valence electrons. The molecule has 0 rings (SSSR count). The van der Waals surface area contributed by atoms with Crippen LogP contribution in [0, 0.1) is 0 Å². The number of carbonyl (C=O) groups excluding carboxylic acids is 2. The van der Waals surface area contributed by atoms with Crippen molar-refractivity contribution in [2.75, 3.05) is 14.2 Å². The van der Waals surface area contributed by atoms with Crippen LogP contribution in [0.2, 0.25) is 0 Å². The van der Waals surface area contributed by atoms with E-state index in [1.54, 1.807) is 6.08 Å². The molecule has 0 atom stereocenters. The van der Waals surface area contributed by atoms with E-state index in [2.05, 4.69) is 14.5 Å². The normalized spacial score (nSPS) is 12.7. The quantitative estimate of drug-likeness (QED) is 0.316. The molecule has 0 saturated heterocycles. The molecule has 17 heavy (non-hydrogen) atoms. The van der Waals surface area contributed by atoms with Crippen LogP contribution in [0.1, 0.15) is 20.3 Å². The number of esters is 2. The third-order valence-electron chi connectivity index (χ3n) is 2.01. The van der Waals surface area contributed by atoms with Gasteiger partial charge < -0.3 is 9.47 Å². The number of ether oxygens (including phenoxy) is 2. The van der Waals surface area contributed by atoms with E-state index < -0.39 is 11.9 Å². The lowest BCUT2D eigenvalue weighted by Crippen LogP contribution is -2.07. The van der Waals surface area contributed by atoms with E-state index in [0.717, 1.165) is 18.2 Å². The number of nitrogens with zero attached hydrogens (tertiary/aromatic N) is 1. The van der Waals surface area contributed by atoms with E-state index in [9.17, 15) is 9.59 Å². The summed E-state index contributed by atoms with van der Waals surface area (Å²) in [7, 11) is 2.49. The molecular weight excluding hydrogens is 222 g/mol. The van der Waals surface area contributed by atoms with E-state index in [1.165, 1.54) is 14.2 Å². The molecule has 0 bridgehead atoms. The Hall–Kier alpha value is -1.91. The maximum atomic E-state index is 11.4. The van der Waals surface area contributed by atoms with Gasteiger partial charge in [-0.1, -0.05) is 18.6 Å². The number of allylic oxidation sites excluding steroid dienone is 3. The van der Waals surface area contributed by atoms with Gasteiger partial charge in [0.2, 0.25) is 0 Å². The van der Waals surface area contributed by atoms with Crippen molar-refractivity contribution in [3.63, 3.8) is 0 Å². The van der Waals surface area contributed by atoms with Crippen molar-refractivity contribution in [3.05, 3.63) is 23.4 Å². The summed E-state index contributed by atoms with van der Waals surface area (Å²) in [5.74, 6) is -1.23. The second-order valence-corrected chi connectivity index (χ2v) is 3.02. The van der Waals surface area contributed by atoms with Gasteiger partial charge in [-0.15, -0.1) is 0 Å². The van der Waals surface area contributed by atoms with Crippen molar-refractivity contribution >= 4 is 18.2 Å². The first kappa shape index (κ1) is 15.1. The first-order valence-corrected chi connectivity index (χ1v) is 5.16. The summed E-state index contributed by atoms with van der Waals surface area (Å²) in [6, 6.07) is 0. The van der Waals surface area contributed by atoms with Crippen molar-refractivity contribution in [1.82, 2.24) is 0 Å². The molecule has 0 radical (unpaired) electrons. The van der Waals surface area contributed by atoms with Crippen molar-refractivity contribution < 1.29 is 19.1 Å². The molecular formula is C12H17NO4. The van der Waals surface area contributed by atoms with Gasteiger partial charge >= 0.3 is 11.9 Å². The summed E-state index contributed by atoms with van der Waals surface area (Å²) >= 11 is 0. The van der Waals surface area contributed by atoms with Gasteiger partial charge in [0, 0.05) is 0 Å². The highest BCUT2D eigenvalue weighted by molar-refractivity contribution is 6.23. The Balaban J connectivity index is 5.08. The molecule has 0 amide bonds. The average Bonchev–Trinajstić information content (AvgIpc) is 2.37. The molecule has 0 fully saturated rings. The van der Waals surface area contributed by atoms with Crippen LogP contribution >= 0.6 is 0 Å². The highest BCUT2D eigenvalue weighted by Gasteiger charge is 2.08. The highest BCUT2D eigenvalue weighted by Crippen LogP contribution is 2.09. The maximum absolute atomic E-state index is 11.4. The Kier molecular flexibility index (Phi) is 7.34. The lowest BCUT2D eigenvalue weighted by atomic mass is 10.1. The minimum atomic E-state index is -0.627. The number of rotatable bonds is 5. The Bertz CT molecular complexity index is 367. The zero-order valence-electron chi connectivity index (χ0n) is 10.5. The van der Waals surface area contributed by atoms with E-state index in [1.807, 2.05) is 19.9 Å². The van der Waals surface area contributed by atoms with Crippen LogP contribution in [0.15, 0.2) is 28.4 Å². The van der Waals surface area contributed by atoms with Crippen LogP contribution < -0.4 is 0 Å². The van der Waals surface area contributed by atoms with Crippen LogP contribution in [0.25, 0.3) is 0 Å². The molecule has 0 aliphatic carbocycles. The number of aliphatic imine (C=N–C) groups is 1. The van der Waals surface area contributed by atoms with Crippen molar-refractivity contribution in [1.29, 1.82) is 0 Å². The topological polar surface area (TPSA) is 65.0 Å². The zero-order chi connectivity index (χ0) is 13.3. The van der Waals surface area contributed by atoms with E-state index in [-0.39, 0.29) is 5.70 Å². The van der Waals surface area contributed by atoms with Crippen LogP contribution in [-0.2, 0) is 19.1 Å². The average molecular weight is 239 g/mol. The monoisotopic (exact) mass is 239 g/mol. The highest BCUT2D eigenvalue weighted by atomic mass is 16.5. The standard InChI is InChI=1S/C12H17NO4/c1-5-9(6-2)7-10(12(15)17-4)13-8-11(14)16-3/h5,7-8H,6H2,1-4H3/b9-5-,10-7-,13-8?. The summed E-state index contributed by atoms with van der Waals surface area (Å²) in [6.45, 7) is 3.80. The Labute approximate surface area is 101 Å². The second kappa shape index (κ2) is 8.27. The molecule has 5 heteroatoms. The molecule has 0 aliphatic rings. The summed E-state index contributed by atoms with van der Waals surface area (Å²) < 4.78 is 8.96. The summed E-state index contributed by atoms with van der Waals surface area (Å²) in [6.07, 6.45) is 5.12. The van der Waals surface area contributed by atoms with E-state index in [0.29, 0.717) is 0 Å². The largest absolute Gasteiger partial charge is 0.465 e. The number of hydrogen-bond donors (Lipinski definition) is 0. The fraction of sp³-hybridized carbons (Fsp3) is 0.417. The van der Waals surface area contributed by atoms with Crippen molar-refractivity contribution in [3.8, 4) is 0 Å². The molecule has 0 spiro atoms. The molecule has 0 aliphatic heterocycles. The SMILES string of the molecule is C/C=C(\C=C(/N=CC(=O)OC)C(=O)OC)CC. The minimum absolute atomic E-state index is 0.0628. The van der Waals surface area contributed by atoms with Crippen LogP contribution in [0.5, 0.6) is 0 Å². The zero-order valence-corrected chi connectivity index (χ0v) is 10.5. The Morgan fingerprint density at radius 3 is 2.29 bits per heavy atom. The van der Waals surface area contributed by atoms with E-state index >= 15 is 0 Å². The molecule has 0 aromatic heterocycles. The fourth-order valence-corrected chi connectivity index (χ4v) is 0.994. The van der Waals surface area contributed by atoms with Gasteiger partial charge in [-0.3, -0.25) is 0 Å². The van der Waals surface area contributed by atoms with Gasteiger partial charge in [0.1, 0.15) is 11.9 Å². The predicted octanol–water partition coefficient (Wildman–Crippen LogP) is 1.64. The minimum Gasteiger partial charge on any atom is -0.465 e. The molecule has 0 aromatic carbocycles. The summed E-state index contributed by atoms with van der Waals surface area (Å²) in [5, 5.41) is 0. The molecule has 0 N–H and O–H groups in total. The Morgan fingerprint density at radius 2 is 1.88 bits per heavy atom. The van der Waals surface area contributed by atoms with Gasteiger partial charge in [0.25, 0.3) is 0 Å². The molecule has 0 heterocycles. The van der Waals surface area contributed by atoms with Gasteiger partial charge in [-0.2, -0.15) is 0 Å². The summed E-state index contributed by atoms with van der Waals surface area (Å²) in [5.41, 5.74) is 0.986. The predicted molar refractivity (Wildman–Crippen MR) is 64.7 cm³/mol.